The summed E-state index contributed by atoms with van der Waals surface area (Å²) in [5.74, 6) is -0.817. The van der Waals surface area contributed by atoms with Crippen molar-refractivity contribution in [2.75, 3.05) is 5.32 Å². The van der Waals surface area contributed by atoms with Crippen molar-refractivity contribution in [2.24, 2.45) is 0 Å². The van der Waals surface area contributed by atoms with Crippen LogP contribution in [0, 0.1) is 0 Å². The van der Waals surface area contributed by atoms with Crippen LogP contribution >= 0.6 is 0 Å². The van der Waals surface area contributed by atoms with E-state index < -0.39 is 5.97 Å². The first-order valence-electron chi connectivity index (χ1n) is 7.79. The fourth-order valence-corrected chi connectivity index (χ4v) is 2.62. The summed E-state index contributed by atoms with van der Waals surface area (Å²) in [5.41, 5.74) is 1.69. The molecule has 2 atom stereocenters. The highest BCUT2D eigenvalue weighted by atomic mass is 16.5. The third kappa shape index (κ3) is 5.48. The average molecular weight is 305 g/mol. The zero-order chi connectivity index (χ0) is 15.9. The van der Waals surface area contributed by atoms with E-state index >= 15 is 0 Å². The highest BCUT2D eigenvalue weighted by Gasteiger charge is 2.22. The molecule has 0 aliphatic carbocycles. The summed E-state index contributed by atoms with van der Waals surface area (Å²) in [6.07, 6.45) is 4.46. The van der Waals surface area contributed by atoms with E-state index in [2.05, 4.69) is 12.2 Å². The number of amides is 1. The van der Waals surface area contributed by atoms with Crippen LogP contribution in [0.4, 0.5) is 5.69 Å². The Kier molecular flexibility index (Phi) is 5.95. The minimum atomic E-state index is -0.805. The summed E-state index contributed by atoms with van der Waals surface area (Å²) in [5, 5.41) is 11.5. The number of hydrogen-bond donors (Lipinski definition) is 2. The molecule has 5 nitrogen and oxygen atoms in total. The summed E-state index contributed by atoms with van der Waals surface area (Å²) in [6, 6.07) is 7.31. The third-order valence-corrected chi connectivity index (χ3v) is 3.88. The highest BCUT2D eigenvalue weighted by molar-refractivity contribution is 5.90. The van der Waals surface area contributed by atoms with Crippen molar-refractivity contribution < 1.29 is 19.4 Å². The van der Waals surface area contributed by atoms with Crippen molar-refractivity contribution in [3.05, 3.63) is 29.8 Å². The van der Waals surface area contributed by atoms with Crippen LogP contribution in [-0.2, 0) is 20.7 Å². The molecule has 0 saturated carbocycles. The van der Waals surface area contributed by atoms with Gasteiger partial charge in [-0.2, -0.15) is 0 Å². The zero-order valence-corrected chi connectivity index (χ0v) is 12.9. The van der Waals surface area contributed by atoms with Crippen molar-refractivity contribution in [1.82, 2.24) is 0 Å². The minimum absolute atomic E-state index is 0.0126. The smallest absolute Gasteiger partial charge is 0.303 e. The van der Waals surface area contributed by atoms with Gasteiger partial charge >= 0.3 is 5.97 Å². The van der Waals surface area contributed by atoms with E-state index in [1.807, 2.05) is 24.3 Å². The molecule has 22 heavy (non-hydrogen) atoms. The van der Waals surface area contributed by atoms with E-state index in [-0.39, 0.29) is 18.4 Å². The summed E-state index contributed by atoms with van der Waals surface area (Å²) in [7, 11) is 0. The molecule has 1 aliphatic heterocycles. The lowest BCUT2D eigenvalue weighted by Gasteiger charge is -2.11. The van der Waals surface area contributed by atoms with Gasteiger partial charge in [0.25, 0.3) is 0 Å². The van der Waals surface area contributed by atoms with Crippen molar-refractivity contribution in [2.45, 2.75) is 57.7 Å². The van der Waals surface area contributed by atoms with E-state index in [4.69, 9.17) is 9.84 Å². The predicted octanol–water partition coefficient (Wildman–Crippen LogP) is 2.99. The molecule has 0 spiro atoms. The molecule has 1 amide bonds. The molecule has 1 aromatic carbocycles. The van der Waals surface area contributed by atoms with E-state index in [9.17, 15) is 9.59 Å². The maximum absolute atomic E-state index is 11.9. The Balaban J connectivity index is 1.73. The molecule has 0 radical (unpaired) electrons. The minimum Gasteiger partial charge on any atom is -0.481 e. The van der Waals surface area contributed by atoms with Gasteiger partial charge in [0.15, 0.2) is 0 Å². The Bertz CT molecular complexity index is 512. The van der Waals surface area contributed by atoms with Crippen LogP contribution in [0.2, 0.25) is 0 Å². The number of aliphatic carboxylic acids is 1. The molecule has 2 unspecified atom stereocenters. The van der Waals surface area contributed by atoms with Crippen molar-refractivity contribution in [1.29, 1.82) is 0 Å². The molecule has 5 heteroatoms. The Morgan fingerprint density at radius 2 is 1.95 bits per heavy atom. The highest BCUT2D eigenvalue weighted by Crippen LogP contribution is 2.22. The van der Waals surface area contributed by atoms with Gasteiger partial charge in [0.05, 0.1) is 12.2 Å². The van der Waals surface area contributed by atoms with Crippen molar-refractivity contribution in [3.63, 3.8) is 0 Å². The van der Waals surface area contributed by atoms with Crippen LogP contribution in [0.15, 0.2) is 24.3 Å². The topological polar surface area (TPSA) is 75.6 Å². The Labute approximate surface area is 130 Å². The van der Waals surface area contributed by atoms with Gasteiger partial charge in [-0.3, -0.25) is 9.59 Å². The normalized spacial score (nSPS) is 20.8. The standard InChI is InChI=1S/C17H23NO4/c1-12-2-8-15(22-12)9-10-16(19)18-14-6-3-13(4-7-14)5-11-17(20)21/h3-4,6-7,12,15H,2,5,8-11H2,1H3,(H,18,19)(H,20,21). The molecule has 1 heterocycles. The second-order valence-electron chi connectivity index (χ2n) is 5.82. The van der Waals surface area contributed by atoms with Gasteiger partial charge in [-0.15, -0.1) is 0 Å². The molecular formula is C17H23NO4. The molecule has 2 N–H and O–H groups in total. The fraction of sp³-hybridized carbons (Fsp3) is 0.529. The second kappa shape index (κ2) is 7.94. The number of aryl methyl sites for hydroxylation is 1. The van der Waals surface area contributed by atoms with Gasteiger partial charge in [-0.05, 0) is 50.3 Å². The Morgan fingerprint density at radius 1 is 1.23 bits per heavy atom. The van der Waals surface area contributed by atoms with E-state index in [0.717, 1.165) is 30.5 Å². The largest absolute Gasteiger partial charge is 0.481 e. The third-order valence-electron chi connectivity index (χ3n) is 3.88. The lowest BCUT2D eigenvalue weighted by molar-refractivity contribution is -0.137. The molecular weight excluding hydrogens is 282 g/mol. The lowest BCUT2D eigenvalue weighted by Crippen LogP contribution is -2.16. The van der Waals surface area contributed by atoms with E-state index in [0.29, 0.717) is 18.9 Å². The molecule has 1 aromatic rings. The molecule has 120 valence electrons. The van der Waals surface area contributed by atoms with Crippen LogP contribution in [0.1, 0.15) is 44.6 Å². The molecule has 2 rings (SSSR count). The number of carbonyl (C=O) groups excluding carboxylic acids is 1. The lowest BCUT2D eigenvalue weighted by atomic mass is 10.1. The van der Waals surface area contributed by atoms with Crippen LogP contribution in [0.25, 0.3) is 0 Å². The molecule has 1 fully saturated rings. The molecule has 0 bridgehead atoms. The number of ether oxygens (including phenoxy) is 1. The van der Waals surface area contributed by atoms with Crippen LogP contribution in [0.5, 0.6) is 0 Å². The summed E-state index contributed by atoms with van der Waals surface area (Å²) in [4.78, 5) is 22.4. The number of hydrogen-bond acceptors (Lipinski definition) is 3. The summed E-state index contributed by atoms with van der Waals surface area (Å²) < 4.78 is 5.70. The maximum Gasteiger partial charge on any atom is 0.303 e. The van der Waals surface area contributed by atoms with Gasteiger partial charge in [0.1, 0.15) is 0 Å². The fourth-order valence-electron chi connectivity index (χ4n) is 2.62. The zero-order valence-electron chi connectivity index (χ0n) is 12.9. The van der Waals surface area contributed by atoms with Crippen LogP contribution < -0.4 is 5.32 Å². The number of carboxylic acids is 1. The number of carboxylic acid groups (broad SMARTS) is 1. The molecule has 0 aromatic heterocycles. The average Bonchev–Trinajstić information content (AvgIpc) is 2.90. The van der Waals surface area contributed by atoms with Gasteiger partial charge in [0, 0.05) is 18.5 Å². The van der Waals surface area contributed by atoms with Crippen LogP contribution in [-0.4, -0.2) is 29.2 Å². The van der Waals surface area contributed by atoms with Crippen molar-refractivity contribution >= 4 is 17.6 Å². The first-order chi connectivity index (χ1) is 10.5. The number of benzene rings is 1. The van der Waals surface area contributed by atoms with Crippen molar-refractivity contribution in [3.8, 4) is 0 Å². The van der Waals surface area contributed by atoms with E-state index in [1.165, 1.54) is 0 Å². The number of nitrogens with one attached hydrogen (secondary N) is 1. The van der Waals surface area contributed by atoms with Gasteiger partial charge < -0.3 is 15.2 Å². The first kappa shape index (κ1) is 16.5. The summed E-state index contributed by atoms with van der Waals surface area (Å²) in [6.45, 7) is 2.06. The number of rotatable bonds is 7. The molecule has 1 saturated heterocycles. The van der Waals surface area contributed by atoms with Crippen LogP contribution in [0.3, 0.4) is 0 Å². The predicted molar refractivity (Wildman–Crippen MR) is 83.8 cm³/mol. The number of carbonyl (C=O) groups is 2. The van der Waals surface area contributed by atoms with Gasteiger partial charge in [0.2, 0.25) is 5.91 Å². The number of anilines is 1. The Morgan fingerprint density at radius 3 is 2.55 bits per heavy atom. The summed E-state index contributed by atoms with van der Waals surface area (Å²) >= 11 is 0. The Hall–Kier alpha value is -1.88. The quantitative estimate of drug-likeness (QED) is 0.812. The maximum atomic E-state index is 11.9. The van der Waals surface area contributed by atoms with E-state index in [1.54, 1.807) is 0 Å². The van der Waals surface area contributed by atoms with Gasteiger partial charge in [-0.25, -0.2) is 0 Å². The first-order valence-corrected chi connectivity index (χ1v) is 7.79. The monoisotopic (exact) mass is 305 g/mol. The molecule has 1 aliphatic rings. The second-order valence-corrected chi connectivity index (χ2v) is 5.82. The van der Waals surface area contributed by atoms with Gasteiger partial charge in [-0.1, -0.05) is 12.1 Å². The SMILES string of the molecule is CC1CCC(CCC(=O)Nc2ccc(CCC(=O)O)cc2)O1.